The minimum absolute atomic E-state index is 0.0301. The molecule has 6 nitrogen and oxygen atoms in total. The molecule has 30 heavy (non-hydrogen) atoms. The van der Waals surface area contributed by atoms with Gasteiger partial charge < -0.3 is 19.3 Å². The highest BCUT2D eigenvalue weighted by Crippen LogP contribution is 2.20. The number of carbonyl (C=O) groups is 1. The molecule has 154 valence electrons. The normalized spacial score (nSPS) is 13.8. The summed E-state index contributed by atoms with van der Waals surface area (Å²) in [6.45, 7) is 3.30. The second kappa shape index (κ2) is 9.31. The largest absolute Gasteiger partial charge is 0.497 e. The van der Waals surface area contributed by atoms with Crippen LogP contribution < -0.4 is 14.4 Å². The molecule has 0 N–H and O–H groups in total. The standard InChI is InChI=1S/C24H25N3O3/c1-29-21-8-4-6-19(16-21)18-30-22-9-5-7-20(17-22)24(28)27-14-12-26(13-15-27)23-10-2-3-11-25-23/h2-11,16-17H,12-15,18H2,1H3. The van der Waals surface area contributed by atoms with Crippen molar-refractivity contribution in [3.63, 3.8) is 0 Å². The van der Waals surface area contributed by atoms with Crippen LogP contribution in [0.2, 0.25) is 0 Å². The summed E-state index contributed by atoms with van der Waals surface area (Å²) in [5, 5.41) is 0. The molecule has 0 bridgehead atoms. The molecule has 0 aliphatic carbocycles. The van der Waals surface area contributed by atoms with Gasteiger partial charge in [0.15, 0.2) is 0 Å². The minimum atomic E-state index is 0.0301. The molecule has 1 aliphatic rings. The summed E-state index contributed by atoms with van der Waals surface area (Å²) in [5.41, 5.74) is 1.65. The van der Waals surface area contributed by atoms with E-state index >= 15 is 0 Å². The highest BCUT2D eigenvalue weighted by Gasteiger charge is 2.23. The molecule has 1 aliphatic heterocycles. The molecule has 2 heterocycles. The van der Waals surface area contributed by atoms with Crippen molar-refractivity contribution in [3.8, 4) is 11.5 Å². The fourth-order valence-electron chi connectivity index (χ4n) is 3.51. The quantitative estimate of drug-likeness (QED) is 0.629. The van der Waals surface area contributed by atoms with Crippen LogP contribution in [-0.4, -0.2) is 49.1 Å². The monoisotopic (exact) mass is 403 g/mol. The van der Waals surface area contributed by atoms with Crippen molar-refractivity contribution < 1.29 is 14.3 Å². The number of anilines is 1. The number of methoxy groups -OCH3 is 1. The van der Waals surface area contributed by atoms with Crippen LogP contribution in [0.1, 0.15) is 15.9 Å². The van der Waals surface area contributed by atoms with Gasteiger partial charge in [0.2, 0.25) is 0 Å². The van der Waals surface area contributed by atoms with Gasteiger partial charge in [0.1, 0.15) is 23.9 Å². The lowest BCUT2D eigenvalue weighted by atomic mass is 10.1. The Morgan fingerprint density at radius 2 is 1.73 bits per heavy atom. The number of pyridine rings is 1. The van der Waals surface area contributed by atoms with Gasteiger partial charge in [0, 0.05) is 37.9 Å². The maximum Gasteiger partial charge on any atom is 0.254 e. The smallest absolute Gasteiger partial charge is 0.254 e. The first kappa shape index (κ1) is 19.8. The topological polar surface area (TPSA) is 54.9 Å². The molecule has 3 aromatic rings. The first-order chi connectivity index (χ1) is 14.7. The van der Waals surface area contributed by atoms with E-state index in [2.05, 4.69) is 9.88 Å². The summed E-state index contributed by atoms with van der Waals surface area (Å²) in [7, 11) is 1.64. The number of aromatic nitrogens is 1. The molecule has 1 fully saturated rings. The lowest BCUT2D eigenvalue weighted by Gasteiger charge is -2.35. The minimum Gasteiger partial charge on any atom is -0.497 e. The Morgan fingerprint density at radius 1 is 0.933 bits per heavy atom. The van der Waals surface area contributed by atoms with Crippen molar-refractivity contribution in [3.05, 3.63) is 84.1 Å². The molecule has 0 atom stereocenters. The van der Waals surface area contributed by atoms with E-state index in [-0.39, 0.29) is 5.91 Å². The molecule has 0 spiro atoms. The molecule has 1 aromatic heterocycles. The Balaban J connectivity index is 1.36. The SMILES string of the molecule is COc1cccc(COc2cccc(C(=O)N3CCN(c4ccccn4)CC3)c2)c1. The van der Waals surface area contributed by atoms with Gasteiger partial charge in [0.25, 0.3) is 5.91 Å². The lowest BCUT2D eigenvalue weighted by molar-refractivity contribution is 0.0746. The van der Waals surface area contributed by atoms with E-state index in [4.69, 9.17) is 9.47 Å². The van der Waals surface area contributed by atoms with Gasteiger partial charge in [-0.15, -0.1) is 0 Å². The average molecular weight is 403 g/mol. The molecule has 2 aromatic carbocycles. The first-order valence-electron chi connectivity index (χ1n) is 10.0. The summed E-state index contributed by atoms with van der Waals surface area (Å²) in [5.74, 6) is 2.46. The maximum absolute atomic E-state index is 13.0. The predicted molar refractivity (Wildman–Crippen MR) is 116 cm³/mol. The van der Waals surface area contributed by atoms with Crippen molar-refractivity contribution in [1.82, 2.24) is 9.88 Å². The van der Waals surface area contributed by atoms with E-state index in [0.717, 1.165) is 30.2 Å². The van der Waals surface area contributed by atoms with E-state index in [1.54, 1.807) is 13.3 Å². The van der Waals surface area contributed by atoms with Gasteiger partial charge >= 0.3 is 0 Å². The Morgan fingerprint density at radius 3 is 2.50 bits per heavy atom. The number of carbonyl (C=O) groups excluding carboxylic acids is 1. The van der Waals surface area contributed by atoms with Crippen LogP contribution in [0.5, 0.6) is 11.5 Å². The van der Waals surface area contributed by atoms with E-state index in [0.29, 0.717) is 31.0 Å². The third-order valence-corrected chi connectivity index (χ3v) is 5.16. The zero-order chi connectivity index (χ0) is 20.8. The summed E-state index contributed by atoms with van der Waals surface area (Å²) in [4.78, 5) is 21.5. The number of rotatable bonds is 6. The second-order valence-electron chi connectivity index (χ2n) is 7.14. The molecular formula is C24H25N3O3. The third kappa shape index (κ3) is 4.71. The van der Waals surface area contributed by atoms with Crippen molar-refractivity contribution in [2.45, 2.75) is 6.61 Å². The zero-order valence-electron chi connectivity index (χ0n) is 17.0. The van der Waals surface area contributed by atoms with Crippen LogP contribution in [0.25, 0.3) is 0 Å². The summed E-state index contributed by atoms with van der Waals surface area (Å²) in [6, 6.07) is 21.0. The number of ether oxygens (including phenoxy) is 2. The van der Waals surface area contributed by atoms with E-state index in [9.17, 15) is 4.79 Å². The number of hydrogen-bond donors (Lipinski definition) is 0. The zero-order valence-corrected chi connectivity index (χ0v) is 17.0. The maximum atomic E-state index is 13.0. The number of piperazine rings is 1. The Kier molecular flexibility index (Phi) is 6.13. The fourth-order valence-corrected chi connectivity index (χ4v) is 3.51. The summed E-state index contributed by atoms with van der Waals surface area (Å²) >= 11 is 0. The third-order valence-electron chi connectivity index (χ3n) is 5.16. The average Bonchev–Trinajstić information content (AvgIpc) is 2.83. The molecule has 4 rings (SSSR count). The molecular weight excluding hydrogens is 378 g/mol. The second-order valence-corrected chi connectivity index (χ2v) is 7.14. The molecule has 0 unspecified atom stereocenters. The number of amides is 1. The van der Waals surface area contributed by atoms with Gasteiger partial charge in [-0.25, -0.2) is 4.98 Å². The van der Waals surface area contributed by atoms with Crippen LogP contribution >= 0.6 is 0 Å². The van der Waals surface area contributed by atoms with Crippen molar-refractivity contribution in [1.29, 1.82) is 0 Å². The van der Waals surface area contributed by atoms with Crippen molar-refractivity contribution in [2.24, 2.45) is 0 Å². The molecule has 1 amide bonds. The van der Waals surface area contributed by atoms with E-state index in [1.165, 1.54) is 0 Å². The van der Waals surface area contributed by atoms with Crippen LogP contribution in [0.3, 0.4) is 0 Å². The highest BCUT2D eigenvalue weighted by molar-refractivity contribution is 5.94. The fraction of sp³-hybridized carbons (Fsp3) is 0.250. The van der Waals surface area contributed by atoms with Crippen molar-refractivity contribution >= 4 is 11.7 Å². The molecule has 0 radical (unpaired) electrons. The van der Waals surface area contributed by atoms with Crippen LogP contribution in [0.4, 0.5) is 5.82 Å². The first-order valence-corrected chi connectivity index (χ1v) is 10.0. The van der Waals surface area contributed by atoms with Crippen LogP contribution in [0.15, 0.2) is 72.9 Å². The van der Waals surface area contributed by atoms with E-state index in [1.807, 2.05) is 71.6 Å². The Hall–Kier alpha value is -3.54. The molecule has 0 saturated carbocycles. The number of nitrogens with zero attached hydrogens (tertiary/aromatic N) is 3. The molecule has 1 saturated heterocycles. The van der Waals surface area contributed by atoms with Gasteiger partial charge in [-0.2, -0.15) is 0 Å². The number of hydrogen-bond acceptors (Lipinski definition) is 5. The van der Waals surface area contributed by atoms with Crippen molar-refractivity contribution in [2.75, 3.05) is 38.2 Å². The van der Waals surface area contributed by atoms with Crippen LogP contribution in [0, 0.1) is 0 Å². The molecule has 6 heteroatoms. The Labute approximate surface area is 176 Å². The lowest BCUT2D eigenvalue weighted by Crippen LogP contribution is -2.49. The van der Waals surface area contributed by atoms with E-state index < -0.39 is 0 Å². The predicted octanol–water partition coefficient (Wildman–Crippen LogP) is 3.63. The summed E-state index contributed by atoms with van der Waals surface area (Å²) < 4.78 is 11.1. The Bertz CT molecular complexity index is 986. The highest BCUT2D eigenvalue weighted by atomic mass is 16.5. The summed E-state index contributed by atoms with van der Waals surface area (Å²) in [6.07, 6.45) is 1.80. The van der Waals surface area contributed by atoms with Gasteiger partial charge in [-0.3, -0.25) is 4.79 Å². The van der Waals surface area contributed by atoms with Gasteiger partial charge in [-0.1, -0.05) is 24.3 Å². The van der Waals surface area contributed by atoms with Gasteiger partial charge in [-0.05, 0) is 48.0 Å². The number of benzene rings is 2. The van der Waals surface area contributed by atoms with Gasteiger partial charge in [0.05, 0.1) is 7.11 Å². The van der Waals surface area contributed by atoms with Crippen LogP contribution in [-0.2, 0) is 6.61 Å².